The first kappa shape index (κ1) is 27.4. The third-order valence-electron chi connectivity index (χ3n) is 6.07. The van der Waals surface area contributed by atoms with E-state index in [0.717, 1.165) is 19.3 Å². The lowest BCUT2D eigenvalue weighted by Gasteiger charge is -2.24. The van der Waals surface area contributed by atoms with Crippen LogP contribution in [0.1, 0.15) is 129 Å². The summed E-state index contributed by atoms with van der Waals surface area (Å²) < 4.78 is 0. The molecule has 4 nitrogen and oxygen atoms in total. The van der Waals surface area contributed by atoms with Gasteiger partial charge >= 0.3 is 5.97 Å². The average Bonchev–Trinajstić information content (AvgIpc) is 2.70. The van der Waals surface area contributed by atoms with Gasteiger partial charge in [0.25, 0.3) is 0 Å². The van der Waals surface area contributed by atoms with Crippen LogP contribution >= 0.6 is 0 Å². The van der Waals surface area contributed by atoms with Crippen LogP contribution in [0.4, 0.5) is 0 Å². The summed E-state index contributed by atoms with van der Waals surface area (Å²) in [7, 11) is 0. The quantitative estimate of drug-likeness (QED) is 0.182. The number of aliphatic carboxylic acids is 1. The fourth-order valence-corrected chi connectivity index (χ4v) is 3.82. The molecule has 0 aliphatic heterocycles. The minimum Gasteiger partial charge on any atom is -0.481 e. The maximum atomic E-state index is 11.2. The van der Waals surface area contributed by atoms with Crippen molar-refractivity contribution in [2.75, 3.05) is 13.2 Å². The molecule has 168 valence electrons. The highest BCUT2D eigenvalue weighted by molar-refractivity contribution is 5.74. The second kappa shape index (κ2) is 19.7. The highest BCUT2D eigenvalue weighted by Gasteiger charge is 2.36. The Kier molecular flexibility index (Phi) is 19.3. The molecule has 4 heteroatoms. The van der Waals surface area contributed by atoms with Gasteiger partial charge in [-0.2, -0.15) is 0 Å². The molecule has 0 amide bonds. The molecule has 0 rings (SSSR count). The number of carbonyl (C=O) groups is 1. The van der Waals surface area contributed by atoms with Gasteiger partial charge in [-0.05, 0) is 6.42 Å². The number of carboxylic acid groups (broad SMARTS) is 1. The van der Waals surface area contributed by atoms with Gasteiger partial charge < -0.3 is 15.3 Å². The molecule has 0 aliphatic carbocycles. The van der Waals surface area contributed by atoms with Crippen LogP contribution in [0.25, 0.3) is 0 Å². The summed E-state index contributed by atoms with van der Waals surface area (Å²) in [6.07, 6.45) is 23.7. The number of aliphatic hydroxyl groups is 2. The van der Waals surface area contributed by atoms with Crippen molar-refractivity contribution in [3.63, 3.8) is 0 Å². The molecule has 0 saturated carbocycles. The largest absolute Gasteiger partial charge is 0.481 e. The fraction of sp³-hybridized carbons (Fsp3) is 0.958. The van der Waals surface area contributed by atoms with Crippen LogP contribution in [-0.2, 0) is 4.79 Å². The van der Waals surface area contributed by atoms with Crippen LogP contribution in [0, 0.1) is 5.41 Å². The molecule has 0 atom stereocenters. The van der Waals surface area contributed by atoms with Gasteiger partial charge in [0.1, 0.15) is 5.41 Å². The van der Waals surface area contributed by atoms with Gasteiger partial charge in [0.05, 0.1) is 13.2 Å². The summed E-state index contributed by atoms with van der Waals surface area (Å²) in [4.78, 5) is 11.2. The number of hydrogen-bond donors (Lipinski definition) is 3. The molecule has 0 bridgehead atoms. The summed E-state index contributed by atoms with van der Waals surface area (Å²) in [5.41, 5.74) is -1.35. The van der Waals surface area contributed by atoms with E-state index < -0.39 is 24.6 Å². The monoisotopic (exact) mass is 400 g/mol. The zero-order valence-electron chi connectivity index (χ0n) is 18.6. The van der Waals surface area contributed by atoms with Crippen molar-refractivity contribution in [2.24, 2.45) is 5.41 Å². The average molecular weight is 401 g/mol. The van der Waals surface area contributed by atoms with E-state index in [0.29, 0.717) is 6.42 Å². The van der Waals surface area contributed by atoms with Crippen molar-refractivity contribution < 1.29 is 20.1 Å². The van der Waals surface area contributed by atoms with E-state index in [9.17, 15) is 15.0 Å². The third kappa shape index (κ3) is 14.4. The molecule has 0 aromatic carbocycles. The molecule has 0 aromatic heterocycles. The van der Waals surface area contributed by atoms with Crippen LogP contribution in [0.3, 0.4) is 0 Å². The Morgan fingerprint density at radius 1 is 0.571 bits per heavy atom. The van der Waals surface area contributed by atoms with E-state index in [-0.39, 0.29) is 0 Å². The molecule has 0 saturated heterocycles. The van der Waals surface area contributed by atoms with Crippen molar-refractivity contribution in [1.82, 2.24) is 0 Å². The molecule has 0 unspecified atom stereocenters. The van der Waals surface area contributed by atoms with Crippen molar-refractivity contribution in [3.05, 3.63) is 0 Å². The smallest absolute Gasteiger partial charge is 0.314 e. The molecule has 0 heterocycles. The van der Waals surface area contributed by atoms with Crippen molar-refractivity contribution in [1.29, 1.82) is 0 Å². The molecular formula is C24H48O4. The standard InChI is InChI=1S/C24H48O4/c1-2-3-4-5-6-7-8-9-10-11-12-13-14-15-16-17-18-19-20-24(21-25,22-26)23(27)28/h25-26H,2-22H2,1H3,(H,27,28). The van der Waals surface area contributed by atoms with E-state index in [1.165, 1.54) is 96.3 Å². The first-order valence-electron chi connectivity index (χ1n) is 12.1. The van der Waals surface area contributed by atoms with Gasteiger partial charge in [-0.1, -0.05) is 122 Å². The van der Waals surface area contributed by atoms with Gasteiger partial charge in [0.2, 0.25) is 0 Å². The Balaban J connectivity index is 3.29. The lowest BCUT2D eigenvalue weighted by molar-refractivity contribution is -0.155. The lowest BCUT2D eigenvalue weighted by atomic mass is 9.84. The molecule has 3 N–H and O–H groups in total. The minimum atomic E-state index is -1.35. The topological polar surface area (TPSA) is 77.8 Å². The second-order valence-electron chi connectivity index (χ2n) is 8.66. The van der Waals surface area contributed by atoms with Gasteiger partial charge in [-0.15, -0.1) is 0 Å². The van der Waals surface area contributed by atoms with Crippen molar-refractivity contribution >= 4 is 5.97 Å². The van der Waals surface area contributed by atoms with Crippen molar-refractivity contribution in [2.45, 2.75) is 129 Å². The Bertz CT molecular complexity index is 339. The fourth-order valence-electron chi connectivity index (χ4n) is 3.82. The summed E-state index contributed by atoms with van der Waals surface area (Å²) in [6, 6.07) is 0. The normalized spacial score (nSPS) is 11.8. The first-order valence-corrected chi connectivity index (χ1v) is 12.1. The molecule has 0 aliphatic rings. The minimum absolute atomic E-state index is 0.355. The van der Waals surface area contributed by atoms with Crippen LogP contribution < -0.4 is 0 Å². The molecule has 0 aromatic rings. The number of unbranched alkanes of at least 4 members (excludes halogenated alkanes) is 17. The number of aliphatic hydroxyl groups excluding tert-OH is 2. The first-order chi connectivity index (χ1) is 13.6. The van der Waals surface area contributed by atoms with Crippen molar-refractivity contribution in [3.8, 4) is 0 Å². The summed E-state index contributed by atoms with van der Waals surface area (Å²) >= 11 is 0. The van der Waals surface area contributed by atoms with Crippen LogP contribution in [-0.4, -0.2) is 34.5 Å². The molecule has 0 spiro atoms. The number of hydrogen-bond acceptors (Lipinski definition) is 3. The maximum absolute atomic E-state index is 11.2. The SMILES string of the molecule is CCCCCCCCCCCCCCCCCCCCC(CO)(CO)C(=O)O. The van der Waals surface area contributed by atoms with Gasteiger partial charge in [0, 0.05) is 0 Å². The predicted octanol–water partition coefficient (Wildman–Crippen LogP) is 6.47. The van der Waals surface area contributed by atoms with Gasteiger partial charge in [-0.25, -0.2) is 0 Å². The zero-order valence-corrected chi connectivity index (χ0v) is 18.6. The Morgan fingerprint density at radius 2 is 0.857 bits per heavy atom. The van der Waals surface area contributed by atoms with E-state index in [4.69, 9.17) is 5.11 Å². The summed E-state index contributed by atoms with van der Waals surface area (Å²) in [5, 5.41) is 27.6. The van der Waals surface area contributed by atoms with Gasteiger partial charge in [0.15, 0.2) is 0 Å². The highest BCUT2D eigenvalue weighted by Crippen LogP contribution is 2.25. The summed E-state index contributed by atoms with van der Waals surface area (Å²) in [6.45, 7) is 1.29. The van der Waals surface area contributed by atoms with E-state index >= 15 is 0 Å². The molecule has 0 fully saturated rings. The van der Waals surface area contributed by atoms with E-state index in [1.54, 1.807) is 0 Å². The van der Waals surface area contributed by atoms with E-state index in [1.807, 2.05) is 0 Å². The van der Waals surface area contributed by atoms with Gasteiger partial charge in [-0.3, -0.25) is 4.79 Å². The summed E-state index contributed by atoms with van der Waals surface area (Å²) in [5.74, 6) is -1.09. The highest BCUT2D eigenvalue weighted by atomic mass is 16.4. The van der Waals surface area contributed by atoms with Crippen LogP contribution in [0.5, 0.6) is 0 Å². The molecule has 0 radical (unpaired) electrons. The van der Waals surface area contributed by atoms with Crippen LogP contribution in [0.2, 0.25) is 0 Å². The predicted molar refractivity (Wildman–Crippen MR) is 118 cm³/mol. The Hall–Kier alpha value is -0.610. The number of rotatable bonds is 22. The maximum Gasteiger partial charge on any atom is 0.314 e. The molecular weight excluding hydrogens is 352 g/mol. The third-order valence-corrected chi connectivity index (χ3v) is 6.07. The Labute approximate surface area is 174 Å². The molecule has 28 heavy (non-hydrogen) atoms. The number of carboxylic acids is 1. The van der Waals surface area contributed by atoms with E-state index in [2.05, 4.69) is 6.92 Å². The Morgan fingerprint density at radius 3 is 1.11 bits per heavy atom. The lowest BCUT2D eigenvalue weighted by Crippen LogP contribution is -2.38. The van der Waals surface area contributed by atoms with Crippen LogP contribution in [0.15, 0.2) is 0 Å². The second-order valence-corrected chi connectivity index (χ2v) is 8.66. The zero-order chi connectivity index (χ0) is 20.9.